The number of anilines is 2. The smallest absolute Gasteiger partial charge is 0.258 e. The first kappa shape index (κ1) is 17.7. The highest BCUT2D eigenvalue weighted by Crippen LogP contribution is 2.23. The second kappa shape index (κ2) is 7.30. The van der Waals surface area contributed by atoms with Gasteiger partial charge in [0.1, 0.15) is 0 Å². The summed E-state index contributed by atoms with van der Waals surface area (Å²) in [5.74, 6) is 0.141. The van der Waals surface area contributed by atoms with E-state index in [-0.39, 0.29) is 11.8 Å². The molecule has 0 aliphatic rings. The van der Waals surface area contributed by atoms with Crippen LogP contribution in [0.2, 0.25) is 0 Å². The molecule has 0 fully saturated rings. The maximum atomic E-state index is 12.8. The number of nitrogens with one attached hydrogen (secondary N) is 1. The summed E-state index contributed by atoms with van der Waals surface area (Å²) in [4.78, 5) is 25.7. The van der Waals surface area contributed by atoms with Crippen molar-refractivity contribution >= 4 is 23.2 Å². The molecule has 0 atom stereocenters. The molecule has 2 rings (SSSR count). The van der Waals surface area contributed by atoms with Crippen LogP contribution in [-0.2, 0) is 4.79 Å². The van der Waals surface area contributed by atoms with Gasteiger partial charge >= 0.3 is 0 Å². The van der Waals surface area contributed by atoms with E-state index in [1.54, 1.807) is 24.1 Å². The Kier molecular flexibility index (Phi) is 5.39. The number of nitrogens with zero attached hydrogens (tertiary/aromatic N) is 1. The van der Waals surface area contributed by atoms with E-state index in [4.69, 9.17) is 0 Å². The van der Waals surface area contributed by atoms with Crippen molar-refractivity contribution < 1.29 is 9.59 Å². The highest BCUT2D eigenvalue weighted by atomic mass is 16.2. The predicted octanol–water partition coefficient (Wildman–Crippen LogP) is 4.35. The van der Waals surface area contributed by atoms with Gasteiger partial charge in [0.05, 0.1) is 0 Å². The summed E-state index contributed by atoms with van der Waals surface area (Å²) in [6.07, 6.45) is 0. The van der Waals surface area contributed by atoms with Gasteiger partial charge in [0.25, 0.3) is 5.91 Å². The topological polar surface area (TPSA) is 49.4 Å². The van der Waals surface area contributed by atoms with Crippen LogP contribution in [0.4, 0.5) is 11.4 Å². The monoisotopic (exact) mass is 324 g/mol. The van der Waals surface area contributed by atoms with Gasteiger partial charge in [0, 0.05) is 30.9 Å². The van der Waals surface area contributed by atoms with E-state index in [1.807, 2.05) is 31.2 Å². The summed E-state index contributed by atoms with van der Waals surface area (Å²) < 4.78 is 0. The Morgan fingerprint density at radius 1 is 1.08 bits per heavy atom. The Labute approximate surface area is 143 Å². The van der Waals surface area contributed by atoms with Gasteiger partial charge in [-0.3, -0.25) is 9.59 Å². The van der Waals surface area contributed by atoms with E-state index in [9.17, 15) is 9.59 Å². The van der Waals surface area contributed by atoms with Gasteiger partial charge in [0.2, 0.25) is 5.91 Å². The summed E-state index contributed by atoms with van der Waals surface area (Å²) >= 11 is 0. The summed E-state index contributed by atoms with van der Waals surface area (Å²) in [6, 6.07) is 13.3. The van der Waals surface area contributed by atoms with Crippen molar-refractivity contribution in [2.45, 2.75) is 33.6 Å². The van der Waals surface area contributed by atoms with Gasteiger partial charge < -0.3 is 10.2 Å². The Hall–Kier alpha value is -2.62. The van der Waals surface area contributed by atoms with Gasteiger partial charge in [-0.2, -0.15) is 0 Å². The third kappa shape index (κ3) is 4.02. The summed E-state index contributed by atoms with van der Waals surface area (Å²) in [5, 5.41) is 2.76. The SMILES string of the molecule is CC(=O)Nc1cc(C(=O)N(C)c2cccc(C(C)C)c2)ccc1C. The van der Waals surface area contributed by atoms with Crippen LogP contribution >= 0.6 is 0 Å². The molecule has 4 nitrogen and oxygen atoms in total. The van der Waals surface area contributed by atoms with E-state index < -0.39 is 0 Å². The maximum absolute atomic E-state index is 12.8. The lowest BCUT2D eigenvalue weighted by Crippen LogP contribution is -2.26. The van der Waals surface area contributed by atoms with Gasteiger partial charge in [-0.15, -0.1) is 0 Å². The van der Waals surface area contributed by atoms with Crippen molar-refractivity contribution in [3.05, 3.63) is 59.2 Å². The fourth-order valence-corrected chi connectivity index (χ4v) is 2.48. The standard InChI is InChI=1S/C20H24N2O2/c1-13(2)16-7-6-8-18(11-16)22(5)20(24)17-10-9-14(3)19(12-17)21-15(4)23/h6-13H,1-5H3,(H,21,23). The molecule has 2 aromatic carbocycles. The first-order valence-electron chi connectivity index (χ1n) is 8.06. The van der Waals surface area contributed by atoms with E-state index in [2.05, 4.69) is 25.2 Å². The molecular formula is C20H24N2O2. The third-order valence-corrected chi connectivity index (χ3v) is 4.02. The summed E-state index contributed by atoms with van der Waals surface area (Å²) in [7, 11) is 1.76. The van der Waals surface area contributed by atoms with Crippen LogP contribution in [0.3, 0.4) is 0 Å². The molecule has 0 unspecified atom stereocenters. The van der Waals surface area contributed by atoms with E-state index in [0.717, 1.165) is 11.3 Å². The maximum Gasteiger partial charge on any atom is 0.258 e. The van der Waals surface area contributed by atoms with Crippen molar-refractivity contribution in [1.82, 2.24) is 0 Å². The Morgan fingerprint density at radius 2 is 1.79 bits per heavy atom. The molecule has 2 aromatic rings. The highest BCUT2D eigenvalue weighted by molar-refractivity contribution is 6.06. The number of amides is 2. The quantitative estimate of drug-likeness (QED) is 0.909. The van der Waals surface area contributed by atoms with Gasteiger partial charge in [-0.25, -0.2) is 0 Å². The zero-order chi connectivity index (χ0) is 17.9. The molecule has 24 heavy (non-hydrogen) atoms. The average molecular weight is 324 g/mol. The first-order valence-corrected chi connectivity index (χ1v) is 8.06. The van der Waals surface area contributed by atoms with Crippen LogP contribution in [0.25, 0.3) is 0 Å². The Balaban J connectivity index is 2.31. The minimum atomic E-state index is -0.152. The summed E-state index contributed by atoms with van der Waals surface area (Å²) in [6.45, 7) is 7.61. The highest BCUT2D eigenvalue weighted by Gasteiger charge is 2.15. The molecule has 0 bridgehead atoms. The molecule has 0 radical (unpaired) electrons. The van der Waals surface area contributed by atoms with E-state index >= 15 is 0 Å². The normalized spacial score (nSPS) is 10.6. The second-order valence-electron chi connectivity index (χ2n) is 6.32. The molecule has 0 aromatic heterocycles. The molecule has 0 aliphatic carbocycles. The number of aryl methyl sites for hydroxylation is 1. The van der Waals surface area contributed by atoms with E-state index in [0.29, 0.717) is 17.2 Å². The molecule has 0 saturated heterocycles. The number of hydrogen-bond donors (Lipinski definition) is 1. The van der Waals surface area contributed by atoms with Crippen LogP contribution in [0, 0.1) is 6.92 Å². The number of hydrogen-bond acceptors (Lipinski definition) is 2. The van der Waals surface area contributed by atoms with Crippen molar-refractivity contribution in [2.75, 3.05) is 17.3 Å². The van der Waals surface area contributed by atoms with Crippen molar-refractivity contribution in [3.8, 4) is 0 Å². The molecule has 0 saturated carbocycles. The van der Waals surface area contributed by atoms with Crippen LogP contribution in [-0.4, -0.2) is 18.9 Å². The second-order valence-corrected chi connectivity index (χ2v) is 6.32. The van der Waals surface area contributed by atoms with Crippen LogP contribution in [0.15, 0.2) is 42.5 Å². The minimum Gasteiger partial charge on any atom is -0.326 e. The average Bonchev–Trinajstić information content (AvgIpc) is 2.55. The molecule has 126 valence electrons. The molecule has 4 heteroatoms. The number of carbonyl (C=O) groups excluding carboxylic acids is 2. The largest absolute Gasteiger partial charge is 0.326 e. The predicted molar refractivity (Wildman–Crippen MR) is 98.7 cm³/mol. The minimum absolute atomic E-state index is 0.109. The lowest BCUT2D eigenvalue weighted by Gasteiger charge is -2.20. The third-order valence-electron chi connectivity index (χ3n) is 4.02. The fraction of sp³-hybridized carbons (Fsp3) is 0.300. The number of benzene rings is 2. The van der Waals surface area contributed by atoms with Gasteiger partial charge in [0.15, 0.2) is 0 Å². The van der Waals surface area contributed by atoms with Crippen LogP contribution in [0.1, 0.15) is 48.2 Å². The molecule has 0 aliphatic heterocycles. The van der Waals surface area contributed by atoms with Crippen molar-refractivity contribution in [2.24, 2.45) is 0 Å². The Morgan fingerprint density at radius 3 is 2.42 bits per heavy atom. The first-order chi connectivity index (χ1) is 11.3. The van der Waals surface area contributed by atoms with Gasteiger partial charge in [-0.1, -0.05) is 32.0 Å². The zero-order valence-electron chi connectivity index (χ0n) is 14.9. The lowest BCUT2D eigenvalue weighted by molar-refractivity contribution is -0.114. The lowest BCUT2D eigenvalue weighted by atomic mass is 10.0. The van der Waals surface area contributed by atoms with Crippen LogP contribution < -0.4 is 10.2 Å². The van der Waals surface area contributed by atoms with E-state index in [1.165, 1.54) is 12.5 Å². The van der Waals surface area contributed by atoms with Crippen molar-refractivity contribution in [3.63, 3.8) is 0 Å². The molecule has 2 amide bonds. The molecule has 0 heterocycles. The molecular weight excluding hydrogens is 300 g/mol. The van der Waals surface area contributed by atoms with Gasteiger partial charge in [-0.05, 0) is 48.2 Å². The van der Waals surface area contributed by atoms with Crippen LogP contribution in [0.5, 0.6) is 0 Å². The number of carbonyl (C=O) groups is 2. The molecule has 1 N–H and O–H groups in total. The Bertz CT molecular complexity index is 766. The van der Waals surface area contributed by atoms with Crippen molar-refractivity contribution in [1.29, 1.82) is 0 Å². The summed E-state index contributed by atoms with van der Waals surface area (Å²) in [5.41, 5.74) is 4.17. The zero-order valence-corrected chi connectivity index (χ0v) is 14.9. The number of rotatable bonds is 4. The molecule has 0 spiro atoms. The fourth-order valence-electron chi connectivity index (χ4n) is 2.48.